The van der Waals surface area contributed by atoms with E-state index in [0.29, 0.717) is 5.75 Å². The summed E-state index contributed by atoms with van der Waals surface area (Å²) in [6.07, 6.45) is 7.10. The Kier molecular flexibility index (Phi) is 4.36. The molecular formula is C22H19FN4O. The van der Waals surface area contributed by atoms with Gasteiger partial charge in [-0.2, -0.15) is 5.10 Å². The average Bonchev–Trinajstić information content (AvgIpc) is 3.20. The first-order valence-corrected chi connectivity index (χ1v) is 8.84. The van der Waals surface area contributed by atoms with E-state index in [1.54, 1.807) is 17.1 Å². The van der Waals surface area contributed by atoms with E-state index in [-0.39, 0.29) is 12.4 Å². The number of aromatic nitrogens is 4. The molecule has 0 N–H and O–H groups in total. The Morgan fingerprint density at radius 2 is 2.04 bits per heavy atom. The highest BCUT2D eigenvalue weighted by Crippen LogP contribution is 2.36. The molecule has 0 unspecified atom stereocenters. The van der Waals surface area contributed by atoms with Gasteiger partial charge in [0.15, 0.2) is 0 Å². The molecule has 140 valence electrons. The lowest BCUT2D eigenvalue weighted by Crippen LogP contribution is -2.05. The van der Waals surface area contributed by atoms with E-state index in [2.05, 4.69) is 16.0 Å². The van der Waals surface area contributed by atoms with Crippen LogP contribution < -0.4 is 4.74 Å². The monoisotopic (exact) mass is 374 g/mol. The quantitative estimate of drug-likeness (QED) is 0.503. The highest BCUT2D eigenvalue weighted by molar-refractivity contribution is 5.86. The molecule has 4 rings (SSSR count). The van der Waals surface area contributed by atoms with Crippen LogP contribution in [0.5, 0.6) is 5.75 Å². The summed E-state index contributed by atoms with van der Waals surface area (Å²) in [7, 11) is 1.88. The Bertz CT molecular complexity index is 1230. The molecule has 0 atom stereocenters. The molecule has 0 saturated carbocycles. The summed E-state index contributed by atoms with van der Waals surface area (Å²) in [4.78, 5) is 4.52. The van der Waals surface area contributed by atoms with Gasteiger partial charge in [0.05, 0.1) is 11.2 Å². The van der Waals surface area contributed by atoms with Crippen molar-refractivity contribution in [1.82, 2.24) is 19.3 Å². The third kappa shape index (κ3) is 2.81. The van der Waals surface area contributed by atoms with E-state index in [1.807, 2.05) is 43.7 Å². The van der Waals surface area contributed by atoms with Crippen molar-refractivity contribution in [2.45, 2.75) is 13.8 Å². The first kappa shape index (κ1) is 17.8. The Balaban J connectivity index is 2.00. The van der Waals surface area contributed by atoms with Gasteiger partial charge in [0.2, 0.25) is 0 Å². The third-order valence-electron chi connectivity index (χ3n) is 4.72. The molecule has 0 aliphatic heterocycles. The molecule has 2 aromatic carbocycles. The number of nitrogens with zero attached hydrogens (tertiary/aromatic N) is 4. The lowest BCUT2D eigenvalue weighted by molar-refractivity contribution is 0.373. The predicted molar refractivity (Wildman–Crippen MR) is 107 cm³/mol. The summed E-state index contributed by atoms with van der Waals surface area (Å²) in [6, 6.07) is 10.4. The van der Waals surface area contributed by atoms with Gasteiger partial charge in [-0.05, 0) is 49.2 Å². The molecule has 6 heteroatoms. The van der Waals surface area contributed by atoms with Gasteiger partial charge < -0.3 is 4.74 Å². The van der Waals surface area contributed by atoms with E-state index >= 15 is 0 Å². The smallest absolute Gasteiger partial charge is 0.148 e. The van der Waals surface area contributed by atoms with Crippen LogP contribution in [0.25, 0.3) is 28.0 Å². The van der Waals surface area contributed by atoms with Crippen LogP contribution in [0.15, 0.2) is 42.7 Å². The van der Waals surface area contributed by atoms with Gasteiger partial charge in [-0.25, -0.2) is 9.37 Å². The number of hydrogen-bond donors (Lipinski definition) is 0. The minimum Gasteiger partial charge on any atom is -0.479 e. The van der Waals surface area contributed by atoms with Gasteiger partial charge in [0.25, 0.3) is 0 Å². The maximum absolute atomic E-state index is 13.7. The molecule has 0 saturated heterocycles. The molecular weight excluding hydrogens is 355 g/mol. The van der Waals surface area contributed by atoms with Crippen LogP contribution in [-0.4, -0.2) is 25.9 Å². The van der Waals surface area contributed by atoms with Crippen LogP contribution in [-0.2, 0) is 7.05 Å². The number of imidazole rings is 1. The molecule has 5 nitrogen and oxygen atoms in total. The Labute approximate surface area is 162 Å². The first-order valence-electron chi connectivity index (χ1n) is 8.84. The van der Waals surface area contributed by atoms with Crippen LogP contribution in [0.4, 0.5) is 4.39 Å². The van der Waals surface area contributed by atoms with Crippen LogP contribution in [0.3, 0.4) is 0 Å². The van der Waals surface area contributed by atoms with E-state index in [1.165, 1.54) is 12.1 Å². The highest BCUT2D eigenvalue weighted by Gasteiger charge is 2.21. The van der Waals surface area contributed by atoms with Crippen LogP contribution in [0, 0.1) is 32.0 Å². The van der Waals surface area contributed by atoms with Crippen LogP contribution >= 0.6 is 0 Å². The van der Waals surface area contributed by atoms with Crippen molar-refractivity contribution >= 4 is 11.0 Å². The van der Waals surface area contributed by atoms with Crippen molar-refractivity contribution in [3.8, 4) is 35.0 Å². The number of rotatable bonds is 4. The maximum atomic E-state index is 13.7. The fraction of sp³-hybridized carbons (Fsp3) is 0.182. The van der Waals surface area contributed by atoms with Gasteiger partial charge in [-0.15, -0.1) is 6.42 Å². The summed E-state index contributed by atoms with van der Waals surface area (Å²) < 4.78 is 23.1. The molecule has 0 bridgehead atoms. The second-order valence-corrected chi connectivity index (χ2v) is 6.60. The zero-order chi connectivity index (χ0) is 19.8. The molecule has 0 radical (unpaired) electrons. The number of para-hydroxylation sites is 1. The van der Waals surface area contributed by atoms with Crippen molar-refractivity contribution in [3.05, 3.63) is 59.8 Å². The summed E-state index contributed by atoms with van der Waals surface area (Å²) in [5, 5.41) is 4.61. The molecule has 0 amide bonds. The molecule has 0 aliphatic carbocycles. The average molecular weight is 374 g/mol. The maximum Gasteiger partial charge on any atom is 0.148 e. The number of terminal acetylenes is 1. The summed E-state index contributed by atoms with van der Waals surface area (Å²) in [6.45, 7) is 4.00. The molecule has 2 heterocycles. The van der Waals surface area contributed by atoms with E-state index in [4.69, 9.17) is 11.2 Å². The molecule has 28 heavy (non-hydrogen) atoms. The van der Waals surface area contributed by atoms with Gasteiger partial charge in [-0.3, -0.25) is 9.25 Å². The lowest BCUT2D eigenvalue weighted by Gasteiger charge is -2.13. The van der Waals surface area contributed by atoms with Gasteiger partial charge >= 0.3 is 0 Å². The van der Waals surface area contributed by atoms with E-state index in [9.17, 15) is 4.39 Å². The number of aryl methyl sites for hydroxylation is 3. The Morgan fingerprint density at radius 3 is 2.79 bits per heavy atom. The second-order valence-electron chi connectivity index (χ2n) is 6.60. The van der Waals surface area contributed by atoms with E-state index in [0.717, 1.165) is 39.2 Å². The van der Waals surface area contributed by atoms with E-state index < -0.39 is 0 Å². The number of fused-ring (bicyclic) bond motifs is 1. The molecule has 0 aliphatic rings. The van der Waals surface area contributed by atoms with Crippen LogP contribution in [0.1, 0.15) is 11.3 Å². The number of hydrogen-bond acceptors (Lipinski definition) is 3. The SMILES string of the molecule is C#CCOc1cccc2ncn(-c3c(-c4ccc(F)cc4C)c(C)nn3C)c12. The molecule has 2 aromatic heterocycles. The lowest BCUT2D eigenvalue weighted by atomic mass is 10.00. The molecule has 4 aromatic rings. The normalized spacial score (nSPS) is 11.0. The standard InChI is InChI=1S/C22H19FN4O/c1-5-11-28-19-8-6-7-18-21(19)27(13-24-18)22-20(15(3)25-26(22)4)17-10-9-16(23)12-14(17)2/h1,6-10,12-13H,11H2,2-4H3. The highest BCUT2D eigenvalue weighted by atomic mass is 19.1. The van der Waals surface area contributed by atoms with Gasteiger partial charge in [0.1, 0.15) is 35.8 Å². The first-order chi connectivity index (χ1) is 13.5. The minimum absolute atomic E-state index is 0.165. The number of benzene rings is 2. The zero-order valence-electron chi connectivity index (χ0n) is 15.9. The van der Waals surface area contributed by atoms with Crippen molar-refractivity contribution in [3.63, 3.8) is 0 Å². The van der Waals surface area contributed by atoms with Gasteiger partial charge in [0, 0.05) is 12.6 Å². The fourth-order valence-electron chi connectivity index (χ4n) is 3.58. The third-order valence-corrected chi connectivity index (χ3v) is 4.72. The summed E-state index contributed by atoms with van der Waals surface area (Å²) in [5.41, 5.74) is 5.12. The Morgan fingerprint density at radius 1 is 1.21 bits per heavy atom. The predicted octanol–water partition coefficient (Wildman–Crippen LogP) is 4.19. The molecule has 0 spiro atoms. The largest absolute Gasteiger partial charge is 0.479 e. The number of halogens is 1. The van der Waals surface area contributed by atoms with Crippen molar-refractivity contribution < 1.29 is 9.13 Å². The van der Waals surface area contributed by atoms with Gasteiger partial charge in [-0.1, -0.05) is 18.1 Å². The summed E-state index contributed by atoms with van der Waals surface area (Å²) >= 11 is 0. The summed E-state index contributed by atoms with van der Waals surface area (Å²) in [5.74, 6) is 3.70. The van der Waals surface area contributed by atoms with Crippen LogP contribution in [0.2, 0.25) is 0 Å². The van der Waals surface area contributed by atoms with Crippen molar-refractivity contribution in [2.24, 2.45) is 7.05 Å². The number of ether oxygens (including phenoxy) is 1. The van der Waals surface area contributed by atoms with Crippen molar-refractivity contribution in [1.29, 1.82) is 0 Å². The zero-order valence-corrected chi connectivity index (χ0v) is 15.9. The molecule has 0 fully saturated rings. The van der Waals surface area contributed by atoms with Crippen molar-refractivity contribution in [2.75, 3.05) is 6.61 Å². The second kappa shape index (κ2) is 6.86. The fourth-order valence-corrected chi connectivity index (χ4v) is 3.58. The Hall–Kier alpha value is -3.59. The topological polar surface area (TPSA) is 44.9 Å². The minimum atomic E-state index is -0.262.